The molecule has 0 amide bonds. The minimum Gasteiger partial charge on any atom is -0.448 e. The highest BCUT2D eigenvalue weighted by molar-refractivity contribution is 6.30. The van der Waals surface area contributed by atoms with Crippen molar-refractivity contribution in [3.8, 4) is 12.3 Å². The van der Waals surface area contributed by atoms with E-state index >= 15 is 0 Å². The number of aliphatic hydroxyl groups is 1. The van der Waals surface area contributed by atoms with Gasteiger partial charge in [-0.2, -0.15) is 0 Å². The Morgan fingerprint density at radius 2 is 1.42 bits per heavy atom. The molecule has 4 aromatic rings. The van der Waals surface area contributed by atoms with Gasteiger partial charge in [-0.05, 0) is 48.5 Å². The number of aromatic amines is 1. The van der Waals surface area contributed by atoms with Gasteiger partial charge in [-0.1, -0.05) is 17.5 Å². The molecule has 1 fully saturated rings. The highest BCUT2D eigenvalue weighted by atomic mass is 35.5. The fourth-order valence-electron chi connectivity index (χ4n) is 5.06. The van der Waals surface area contributed by atoms with Crippen LogP contribution >= 0.6 is 11.6 Å². The van der Waals surface area contributed by atoms with Gasteiger partial charge in [0.05, 0.1) is 21.0 Å². The molecular formula is C32H21ClN4O13. The van der Waals surface area contributed by atoms with Crippen LogP contribution in [0.4, 0.5) is 11.4 Å². The molecule has 1 aromatic heterocycles. The third-order valence-electron chi connectivity index (χ3n) is 7.55. The third kappa shape index (κ3) is 6.75. The average Bonchev–Trinajstić information content (AvgIpc) is 3.40. The van der Waals surface area contributed by atoms with Crippen LogP contribution in [0.2, 0.25) is 5.02 Å². The number of aromatic nitrogens is 2. The zero-order chi connectivity index (χ0) is 36.3. The predicted octanol–water partition coefficient (Wildman–Crippen LogP) is 2.60. The van der Waals surface area contributed by atoms with Crippen molar-refractivity contribution >= 4 is 40.7 Å². The molecule has 0 aliphatic carbocycles. The third-order valence-corrected chi connectivity index (χ3v) is 7.80. The molecule has 17 nitrogen and oxygen atoms in total. The van der Waals surface area contributed by atoms with Crippen molar-refractivity contribution in [1.29, 1.82) is 0 Å². The fraction of sp³-hybridized carbons (Fsp3) is 0.156. The maximum Gasteiger partial charge on any atom is 0.339 e. The number of nitro benzene ring substituents is 2. The Labute approximate surface area is 283 Å². The number of carbonyl (C=O) groups is 3. The van der Waals surface area contributed by atoms with Crippen LogP contribution in [0.3, 0.4) is 0 Å². The van der Waals surface area contributed by atoms with Crippen molar-refractivity contribution in [1.82, 2.24) is 9.55 Å². The molecule has 0 spiro atoms. The summed E-state index contributed by atoms with van der Waals surface area (Å²) in [5.74, 6) is -1.41. The number of terminal acetylenes is 1. The number of halogens is 1. The van der Waals surface area contributed by atoms with Gasteiger partial charge < -0.3 is 19.3 Å². The van der Waals surface area contributed by atoms with Crippen LogP contribution in [0.1, 0.15) is 37.3 Å². The number of esters is 2. The molecule has 1 aliphatic rings. The molecule has 1 unspecified atom stereocenters. The lowest BCUT2D eigenvalue weighted by atomic mass is 9.86. The van der Waals surface area contributed by atoms with Crippen molar-refractivity contribution in [3.05, 3.63) is 148 Å². The lowest BCUT2D eigenvalue weighted by molar-refractivity contribution is -0.385. The molecule has 1 saturated heterocycles. The van der Waals surface area contributed by atoms with Gasteiger partial charge in [0.15, 0.2) is 12.0 Å². The highest BCUT2D eigenvalue weighted by Gasteiger charge is 2.65. The second kappa shape index (κ2) is 13.9. The number of nitrogens with one attached hydrogen (secondary N) is 1. The predicted molar refractivity (Wildman–Crippen MR) is 169 cm³/mol. The van der Waals surface area contributed by atoms with Crippen LogP contribution in [0.25, 0.3) is 0 Å². The number of ether oxygens (including phenoxy) is 3. The molecule has 0 bridgehead atoms. The summed E-state index contributed by atoms with van der Waals surface area (Å²) in [5.41, 5.74) is -6.19. The van der Waals surface area contributed by atoms with E-state index in [9.17, 15) is 49.3 Å². The van der Waals surface area contributed by atoms with Gasteiger partial charge in [-0.25, -0.2) is 14.4 Å². The van der Waals surface area contributed by atoms with Crippen molar-refractivity contribution in [2.75, 3.05) is 0 Å². The Morgan fingerprint density at radius 3 is 1.92 bits per heavy atom. The number of hydrogen-bond acceptors (Lipinski definition) is 13. The zero-order valence-corrected chi connectivity index (χ0v) is 25.8. The van der Waals surface area contributed by atoms with Gasteiger partial charge >= 0.3 is 17.6 Å². The molecule has 254 valence electrons. The number of aliphatic hydroxyl groups excluding tert-OH is 1. The van der Waals surface area contributed by atoms with E-state index in [1.54, 1.807) is 0 Å². The molecule has 0 saturated carbocycles. The quantitative estimate of drug-likeness (QED) is 0.0794. The Kier molecular flexibility index (Phi) is 9.71. The molecule has 50 heavy (non-hydrogen) atoms. The van der Waals surface area contributed by atoms with Gasteiger partial charge in [-0.15, -0.1) is 6.42 Å². The van der Waals surface area contributed by atoms with E-state index in [4.69, 9.17) is 32.2 Å². The fourth-order valence-corrected chi connectivity index (χ4v) is 5.18. The van der Waals surface area contributed by atoms with Gasteiger partial charge in [0.2, 0.25) is 11.7 Å². The van der Waals surface area contributed by atoms with Crippen molar-refractivity contribution in [2.45, 2.75) is 30.1 Å². The molecule has 5 atom stereocenters. The normalized spacial score (nSPS) is 20.2. The van der Waals surface area contributed by atoms with E-state index in [0.29, 0.717) is 4.57 Å². The summed E-state index contributed by atoms with van der Waals surface area (Å²) in [6.45, 7) is 0. The topological polar surface area (TPSA) is 240 Å². The Bertz CT molecular complexity index is 2160. The van der Waals surface area contributed by atoms with Gasteiger partial charge in [0, 0.05) is 47.1 Å². The monoisotopic (exact) mass is 704 g/mol. The van der Waals surface area contributed by atoms with Gasteiger partial charge in [0.1, 0.15) is 12.2 Å². The average molecular weight is 705 g/mol. The van der Waals surface area contributed by atoms with E-state index in [-0.39, 0.29) is 33.1 Å². The molecule has 18 heteroatoms. The molecule has 0 radical (unpaired) electrons. The number of H-pyrrole nitrogens is 1. The number of ketones is 1. The first-order valence-electron chi connectivity index (χ1n) is 14.1. The van der Waals surface area contributed by atoms with Crippen LogP contribution in [-0.2, 0) is 14.2 Å². The minimum atomic E-state index is -2.75. The van der Waals surface area contributed by atoms with E-state index in [0.717, 1.165) is 60.8 Å². The van der Waals surface area contributed by atoms with Crippen molar-refractivity contribution in [3.63, 3.8) is 0 Å². The van der Waals surface area contributed by atoms with E-state index in [2.05, 4.69) is 5.92 Å². The smallest absolute Gasteiger partial charge is 0.339 e. The number of non-ortho nitro benzene ring substituents is 2. The molecule has 1 aliphatic heterocycles. The van der Waals surface area contributed by atoms with Crippen LogP contribution in [0.15, 0.2) is 94.6 Å². The summed E-state index contributed by atoms with van der Waals surface area (Å²) in [6.07, 6.45) is -1.50. The summed E-state index contributed by atoms with van der Waals surface area (Å²) in [7, 11) is 0. The molecule has 3 aromatic carbocycles. The van der Waals surface area contributed by atoms with Crippen LogP contribution in [-0.4, -0.2) is 66.1 Å². The van der Waals surface area contributed by atoms with E-state index in [1.165, 1.54) is 24.3 Å². The maximum absolute atomic E-state index is 13.6. The van der Waals surface area contributed by atoms with Gasteiger partial charge in [0.25, 0.3) is 16.9 Å². The summed E-state index contributed by atoms with van der Waals surface area (Å²) >= 11 is 5.93. The van der Waals surface area contributed by atoms with Gasteiger partial charge in [-0.3, -0.25) is 39.4 Å². The Morgan fingerprint density at radius 1 is 0.900 bits per heavy atom. The van der Waals surface area contributed by atoms with E-state index < -0.39 is 69.0 Å². The van der Waals surface area contributed by atoms with Crippen LogP contribution in [0.5, 0.6) is 0 Å². The molecular weight excluding hydrogens is 684 g/mol. The summed E-state index contributed by atoms with van der Waals surface area (Å²) < 4.78 is 18.1. The standard InChI is InChI=1S/C32H21ClN4O13/c1-2-32(50-30(42)19-7-13-22(14-8-19)37(46)47)26(25(40)24(39)17-3-9-20(33)10-4-17)48-28(35-16-15-23(38)34-31(35)43)27(32)49-29(41)18-5-11-21(12-6-18)36(44)45/h1,3-16,25-28,40H,(H,34,38,43)/t25?,26-,27+,28-,32-/m1/s1. The van der Waals surface area contributed by atoms with Crippen LogP contribution < -0.4 is 11.2 Å². The minimum absolute atomic E-state index is 0.109. The number of hydrogen-bond donors (Lipinski definition) is 2. The SMILES string of the molecule is C#C[C@@]1(OC(=O)c2ccc([N+](=O)[O-])cc2)[C@@H](C(O)C(=O)c2ccc(Cl)cc2)O[C@@H](n2ccc(=O)[nH]c2=O)[C@@H]1OC(=O)c1ccc([N+](=O)[O-])cc1. The second-order valence-corrected chi connectivity index (χ2v) is 11.0. The zero-order valence-electron chi connectivity index (χ0n) is 25.0. The number of carbonyl (C=O) groups excluding carboxylic acids is 3. The van der Waals surface area contributed by atoms with Crippen molar-refractivity contribution in [2.24, 2.45) is 0 Å². The number of nitro groups is 2. The number of rotatable bonds is 10. The first-order valence-corrected chi connectivity index (χ1v) is 14.5. The first-order chi connectivity index (χ1) is 23.7. The lowest BCUT2D eigenvalue weighted by Gasteiger charge is -2.34. The first kappa shape index (κ1) is 34.8. The molecule has 2 heterocycles. The summed E-state index contributed by atoms with van der Waals surface area (Å²) in [6, 6.07) is 14.2. The number of benzene rings is 3. The second-order valence-electron chi connectivity index (χ2n) is 10.5. The summed E-state index contributed by atoms with van der Waals surface area (Å²) in [4.78, 5) is 88.4. The van der Waals surface area contributed by atoms with Crippen molar-refractivity contribution < 1.29 is 43.5 Å². The molecule has 5 rings (SSSR count). The maximum atomic E-state index is 13.6. The molecule has 2 N–H and O–H groups in total. The summed E-state index contributed by atoms with van der Waals surface area (Å²) in [5, 5.41) is 34.0. The van der Waals surface area contributed by atoms with Crippen LogP contribution in [0, 0.1) is 32.6 Å². The largest absolute Gasteiger partial charge is 0.448 e. The lowest BCUT2D eigenvalue weighted by Crippen LogP contribution is -2.57. The Balaban J connectivity index is 1.66. The highest BCUT2D eigenvalue weighted by Crippen LogP contribution is 2.44. The number of Topliss-reactive ketones (excluding diaryl/α,β-unsaturated/α-hetero) is 1. The Hall–Kier alpha value is -6.48. The number of nitrogens with zero attached hydrogens (tertiary/aromatic N) is 3. The van der Waals surface area contributed by atoms with E-state index in [1.807, 2.05) is 4.98 Å².